The Labute approximate surface area is 107 Å². The SMILES string of the molecule is COc1cc(C(C)C)ccc1COCC(C)(F)F. The van der Waals surface area contributed by atoms with Crippen LogP contribution in [0.1, 0.15) is 37.8 Å². The van der Waals surface area contributed by atoms with Gasteiger partial charge in [-0.25, -0.2) is 8.78 Å². The molecule has 0 radical (unpaired) electrons. The van der Waals surface area contributed by atoms with Gasteiger partial charge in [0.2, 0.25) is 0 Å². The third kappa shape index (κ3) is 4.61. The summed E-state index contributed by atoms with van der Waals surface area (Å²) in [6, 6.07) is 5.76. The average Bonchev–Trinajstić information content (AvgIpc) is 2.27. The lowest BCUT2D eigenvalue weighted by atomic mass is 10.0. The largest absolute Gasteiger partial charge is 0.496 e. The van der Waals surface area contributed by atoms with Gasteiger partial charge in [-0.2, -0.15) is 0 Å². The molecule has 0 aliphatic carbocycles. The van der Waals surface area contributed by atoms with Crippen LogP contribution in [0.2, 0.25) is 0 Å². The zero-order valence-corrected chi connectivity index (χ0v) is 11.3. The monoisotopic (exact) mass is 258 g/mol. The van der Waals surface area contributed by atoms with Crippen molar-refractivity contribution in [1.82, 2.24) is 0 Å². The summed E-state index contributed by atoms with van der Waals surface area (Å²) in [7, 11) is 1.57. The molecule has 0 unspecified atom stereocenters. The molecule has 0 N–H and O–H groups in total. The molecule has 1 aromatic rings. The highest BCUT2D eigenvalue weighted by Gasteiger charge is 2.21. The predicted molar refractivity (Wildman–Crippen MR) is 67.4 cm³/mol. The maximum Gasteiger partial charge on any atom is 0.268 e. The fourth-order valence-electron chi connectivity index (χ4n) is 1.58. The molecule has 1 aromatic carbocycles. The maximum absolute atomic E-state index is 12.6. The Kier molecular flexibility index (Phi) is 5.08. The highest BCUT2D eigenvalue weighted by atomic mass is 19.3. The van der Waals surface area contributed by atoms with Gasteiger partial charge in [0.25, 0.3) is 5.92 Å². The second-order valence-electron chi connectivity index (χ2n) is 4.79. The topological polar surface area (TPSA) is 18.5 Å². The molecule has 0 spiro atoms. The highest BCUT2D eigenvalue weighted by molar-refractivity contribution is 5.38. The number of ether oxygens (including phenoxy) is 2. The molecule has 0 fully saturated rings. The van der Waals surface area contributed by atoms with E-state index in [1.807, 2.05) is 18.2 Å². The Hall–Kier alpha value is -1.16. The summed E-state index contributed by atoms with van der Waals surface area (Å²) < 4.78 is 35.5. The molecule has 4 heteroatoms. The lowest BCUT2D eigenvalue weighted by molar-refractivity contribution is -0.0676. The van der Waals surface area contributed by atoms with Gasteiger partial charge in [-0.15, -0.1) is 0 Å². The minimum Gasteiger partial charge on any atom is -0.496 e. The molecule has 102 valence electrons. The van der Waals surface area contributed by atoms with E-state index in [0.29, 0.717) is 11.7 Å². The van der Waals surface area contributed by atoms with Gasteiger partial charge < -0.3 is 9.47 Å². The first-order valence-electron chi connectivity index (χ1n) is 5.96. The Morgan fingerprint density at radius 1 is 1.28 bits per heavy atom. The summed E-state index contributed by atoms with van der Waals surface area (Å²) in [6.45, 7) is 4.56. The van der Waals surface area contributed by atoms with Crippen LogP contribution in [0.15, 0.2) is 18.2 Å². The summed E-state index contributed by atoms with van der Waals surface area (Å²) in [5.41, 5.74) is 1.93. The fourth-order valence-corrected chi connectivity index (χ4v) is 1.58. The number of benzene rings is 1. The molecule has 0 amide bonds. The zero-order chi connectivity index (χ0) is 13.8. The van der Waals surface area contributed by atoms with E-state index in [0.717, 1.165) is 18.1 Å². The van der Waals surface area contributed by atoms with Crippen LogP contribution in [0, 0.1) is 0 Å². The van der Waals surface area contributed by atoms with Gasteiger partial charge in [0.15, 0.2) is 0 Å². The van der Waals surface area contributed by atoms with Crippen LogP contribution >= 0.6 is 0 Å². The van der Waals surface area contributed by atoms with E-state index in [2.05, 4.69) is 13.8 Å². The summed E-state index contributed by atoms with van der Waals surface area (Å²) in [5, 5.41) is 0. The smallest absolute Gasteiger partial charge is 0.268 e. The second kappa shape index (κ2) is 6.14. The fraction of sp³-hybridized carbons (Fsp3) is 0.571. The first-order chi connectivity index (χ1) is 8.33. The average molecular weight is 258 g/mol. The number of hydrogen-bond donors (Lipinski definition) is 0. The zero-order valence-electron chi connectivity index (χ0n) is 11.3. The normalized spacial score (nSPS) is 11.9. The first kappa shape index (κ1) is 14.9. The van der Waals surface area contributed by atoms with E-state index < -0.39 is 12.5 Å². The first-order valence-corrected chi connectivity index (χ1v) is 5.96. The van der Waals surface area contributed by atoms with E-state index in [4.69, 9.17) is 9.47 Å². The van der Waals surface area contributed by atoms with E-state index >= 15 is 0 Å². The van der Waals surface area contributed by atoms with Gasteiger partial charge in [-0.1, -0.05) is 26.0 Å². The van der Waals surface area contributed by atoms with Crippen LogP contribution < -0.4 is 4.74 Å². The molecule has 0 heterocycles. The van der Waals surface area contributed by atoms with Crippen molar-refractivity contribution in [2.75, 3.05) is 13.7 Å². The molecule has 2 nitrogen and oxygen atoms in total. The van der Waals surface area contributed by atoms with Gasteiger partial charge in [-0.05, 0) is 17.5 Å². The lowest BCUT2D eigenvalue weighted by Crippen LogP contribution is -2.18. The van der Waals surface area contributed by atoms with Crippen LogP contribution in [0.4, 0.5) is 8.78 Å². The Balaban J connectivity index is 2.71. The van der Waals surface area contributed by atoms with Gasteiger partial charge in [0, 0.05) is 12.5 Å². The standard InChI is InChI=1S/C14H20F2O2/c1-10(2)11-5-6-12(13(7-11)17-4)8-18-9-14(3,15)16/h5-7,10H,8-9H2,1-4H3. The number of alkyl halides is 2. The van der Waals surface area contributed by atoms with Crippen LogP contribution in [0.3, 0.4) is 0 Å². The predicted octanol–water partition coefficient (Wildman–Crippen LogP) is 3.99. The summed E-state index contributed by atoms with van der Waals surface area (Å²) in [5.74, 6) is -1.72. The van der Waals surface area contributed by atoms with Crippen molar-refractivity contribution in [3.8, 4) is 5.75 Å². The van der Waals surface area contributed by atoms with Crippen LogP contribution in [-0.2, 0) is 11.3 Å². The number of rotatable bonds is 6. The van der Waals surface area contributed by atoms with E-state index in [-0.39, 0.29) is 6.61 Å². The molecule has 0 saturated heterocycles. The van der Waals surface area contributed by atoms with Crippen molar-refractivity contribution in [1.29, 1.82) is 0 Å². The van der Waals surface area contributed by atoms with Crippen LogP contribution in [0.5, 0.6) is 5.75 Å². The van der Waals surface area contributed by atoms with Crippen LogP contribution in [0.25, 0.3) is 0 Å². The van der Waals surface area contributed by atoms with Crippen molar-refractivity contribution in [2.24, 2.45) is 0 Å². The van der Waals surface area contributed by atoms with Gasteiger partial charge in [0.05, 0.1) is 13.7 Å². The Bertz CT molecular complexity index is 384. The minimum absolute atomic E-state index is 0.130. The molecule has 0 aliphatic heterocycles. The third-order valence-electron chi connectivity index (χ3n) is 2.59. The van der Waals surface area contributed by atoms with Gasteiger partial charge in [0.1, 0.15) is 12.4 Å². The Morgan fingerprint density at radius 2 is 1.94 bits per heavy atom. The van der Waals surface area contributed by atoms with Crippen molar-refractivity contribution < 1.29 is 18.3 Å². The van der Waals surface area contributed by atoms with E-state index in [1.54, 1.807) is 7.11 Å². The van der Waals surface area contributed by atoms with Crippen molar-refractivity contribution in [3.63, 3.8) is 0 Å². The Morgan fingerprint density at radius 3 is 2.44 bits per heavy atom. The van der Waals surface area contributed by atoms with E-state index in [9.17, 15) is 8.78 Å². The van der Waals surface area contributed by atoms with Gasteiger partial charge in [-0.3, -0.25) is 0 Å². The molecule has 0 atom stereocenters. The molecule has 18 heavy (non-hydrogen) atoms. The van der Waals surface area contributed by atoms with E-state index in [1.165, 1.54) is 0 Å². The second-order valence-corrected chi connectivity index (χ2v) is 4.79. The van der Waals surface area contributed by atoms with Crippen molar-refractivity contribution >= 4 is 0 Å². The quantitative estimate of drug-likeness (QED) is 0.768. The third-order valence-corrected chi connectivity index (χ3v) is 2.59. The van der Waals surface area contributed by atoms with Crippen molar-refractivity contribution in [2.45, 2.75) is 39.2 Å². The minimum atomic E-state index is -2.80. The highest BCUT2D eigenvalue weighted by Crippen LogP contribution is 2.25. The number of hydrogen-bond acceptors (Lipinski definition) is 2. The molecular formula is C14H20F2O2. The lowest BCUT2D eigenvalue weighted by Gasteiger charge is -2.14. The molecule has 0 saturated carbocycles. The molecule has 1 rings (SSSR count). The molecule has 0 aromatic heterocycles. The summed E-state index contributed by atoms with van der Waals surface area (Å²) in [4.78, 5) is 0. The summed E-state index contributed by atoms with van der Waals surface area (Å²) >= 11 is 0. The maximum atomic E-state index is 12.6. The summed E-state index contributed by atoms with van der Waals surface area (Å²) in [6.07, 6.45) is 0. The van der Waals surface area contributed by atoms with Crippen molar-refractivity contribution in [3.05, 3.63) is 29.3 Å². The number of methoxy groups -OCH3 is 1. The van der Waals surface area contributed by atoms with Gasteiger partial charge >= 0.3 is 0 Å². The number of halogens is 2. The molecule has 0 aliphatic rings. The molecular weight excluding hydrogens is 238 g/mol. The van der Waals surface area contributed by atoms with Crippen LogP contribution in [-0.4, -0.2) is 19.6 Å². The molecule has 0 bridgehead atoms.